The smallest absolute Gasteiger partial charge is 0.382 e. The second-order valence-corrected chi connectivity index (χ2v) is 8.45. The van der Waals surface area contributed by atoms with E-state index in [4.69, 9.17) is 5.73 Å². The Balaban J connectivity index is 1.46. The summed E-state index contributed by atoms with van der Waals surface area (Å²) in [5.41, 5.74) is 6.35. The van der Waals surface area contributed by atoms with Crippen molar-refractivity contribution in [3.8, 4) is 11.3 Å². The lowest BCUT2D eigenvalue weighted by Gasteiger charge is -2.13. The molecule has 12 heteroatoms. The van der Waals surface area contributed by atoms with Gasteiger partial charge in [0.15, 0.2) is 11.6 Å². The number of nitrogens with one attached hydrogen (secondary N) is 1. The molecule has 1 unspecified atom stereocenters. The lowest BCUT2D eigenvalue weighted by molar-refractivity contribution is -0.136. The maximum absolute atomic E-state index is 13.7. The van der Waals surface area contributed by atoms with Crippen LogP contribution in [-0.2, 0) is 6.18 Å². The number of alkyl halides is 3. The van der Waals surface area contributed by atoms with Crippen LogP contribution in [0.2, 0.25) is 0 Å². The van der Waals surface area contributed by atoms with Gasteiger partial charge in [0.1, 0.15) is 11.8 Å². The largest absolute Gasteiger partial charge is 0.418 e. The molecule has 0 aliphatic carbocycles. The minimum absolute atomic E-state index is 0.00835. The summed E-state index contributed by atoms with van der Waals surface area (Å²) < 4.78 is 44.0. The molecule has 0 bridgehead atoms. The summed E-state index contributed by atoms with van der Waals surface area (Å²) in [5.74, 6) is -0.493. The van der Waals surface area contributed by atoms with E-state index in [9.17, 15) is 18.0 Å². The monoisotopic (exact) mass is 506 g/mol. The molecule has 0 aliphatic heterocycles. The maximum Gasteiger partial charge on any atom is 0.418 e. The highest BCUT2D eigenvalue weighted by molar-refractivity contribution is 6.05. The molecule has 0 spiro atoms. The highest BCUT2D eigenvalue weighted by atomic mass is 19.4. The Morgan fingerprint density at radius 2 is 1.86 bits per heavy atom. The van der Waals surface area contributed by atoms with Crippen molar-refractivity contribution in [3.63, 3.8) is 0 Å². The maximum atomic E-state index is 13.7. The van der Waals surface area contributed by atoms with Crippen LogP contribution in [0.5, 0.6) is 0 Å². The Labute approximate surface area is 208 Å². The van der Waals surface area contributed by atoms with Crippen LogP contribution in [0.1, 0.15) is 40.1 Å². The Hall–Kier alpha value is -4.74. The quantitative estimate of drug-likeness (QED) is 0.355. The molecule has 37 heavy (non-hydrogen) atoms. The molecule has 0 radical (unpaired) electrons. The SMILES string of the molecule is Cc1ncc(-c2cc(C(F)(F)F)c3c(N)ncnn23)cc1C(=O)Nc1cn(C(C)c2ccccc2)cn1. The molecule has 0 saturated carbocycles. The summed E-state index contributed by atoms with van der Waals surface area (Å²) in [7, 11) is 0. The molecule has 4 heterocycles. The van der Waals surface area contributed by atoms with Gasteiger partial charge in [-0.3, -0.25) is 9.78 Å². The van der Waals surface area contributed by atoms with E-state index in [1.165, 1.54) is 12.3 Å². The number of hydrogen-bond acceptors (Lipinski definition) is 6. The lowest BCUT2D eigenvalue weighted by Crippen LogP contribution is -2.15. The zero-order valence-corrected chi connectivity index (χ0v) is 19.7. The first kappa shape index (κ1) is 24.0. The number of nitrogen functional groups attached to an aromatic ring is 1. The first-order valence-electron chi connectivity index (χ1n) is 11.2. The number of carbonyl (C=O) groups is 1. The van der Waals surface area contributed by atoms with Crippen LogP contribution in [0.25, 0.3) is 16.8 Å². The summed E-state index contributed by atoms with van der Waals surface area (Å²) in [6.45, 7) is 3.64. The summed E-state index contributed by atoms with van der Waals surface area (Å²) in [6.07, 6.45) is 1.08. The molecule has 1 atom stereocenters. The van der Waals surface area contributed by atoms with Crippen molar-refractivity contribution in [1.82, 2.24) is 29.1 Å². The number of fused-ring (bicyclic) bond motifs is 1. The zero-order chi connectivity index (χ0) is 26.3. The van der Waals surface area contributed by atoms with Gasteiger partial charge in [0.2, 0.25) is 0 Å². The van der Waals surface area contributed by atoms with Crippen molar-refractivity contribution in [2.75, 3.05) is 11.1 Å². The molecule has 0 fully saturated rings. The number of aryl methyl sites for hydroxylation is 1. The number of carbonyl (C=O) groups excluding carboxylic acids is 1. The third kappa shape index (κ3) is 4.48. The van der Waals surface area contributed by atoms with Gasteiger partial charge >= 0.3 is 6.18 Å². The number of anilines is 2. The number of amides is 1. The van der Waals surface area contributed by atoms with Crippen molar-refractivity contribution in [2.45, 2.75) is 26.1 Å². The minimum atomic E-state index is -4.68. The van der Waals surface area contributed by atoms with Crippen molar-refractivity contribution in [1.29, 1.82) is 0 Å². The van der Waals surface area contributed by atoms with Crippen molar-refractivity contribution in [2.24, 2.45) is 0 Å². The fourth-order valence-electron chi connectivity index (χ4n) is 4.09. The Bertz CT molecular complexity index is 1610. The van der Waals surface area contributed by atoms with E-state index in [0.29, 0.717) is 11.5 Å². The number of nitrogens with two attached hydrogens (primary N) is 1. The topological polar surface area (TPSA) is 116 Å². The third-order valence-electron chi connectivity index (χ3n) is 6.09. The van der Waals surface area contributed by atoms with Crippen LogP contribution in [0.15, 0.2) is 67.5 Å². The number of benzene rings is 1. The molecule has 5 aromatic rings. The van der Waals surface area contributed by atoms with Gasteiger partial charge in [-0.15, -0.1) is 0 Å². The second-order valence-electron chi connectivity index (χ2n) is 8.45. The first-order valence-corrected chi connectivity index (χ1v) is 11.2. The number of nitrogens with zero attached hydrogens (tertiary/aromatic N) is 6. The number of rotatable bonds is 5. The minimum Gasteiger partial charge on any atom is -0.382 e. The molecule has 9 nitrogen and oxygen atoms in total. The van der Waals surface area contributed by atoms with Crippen LogP contribution in [-0.4, -0.2) is 35.0 Å². The van der Waals surface area contributed by atoms with Gasteiger partial charge in [0, 0.05) is 18.0 Å². The average Bonchev–Trinajstić information content (AvgIpc) is 3.50. The van der Waals surface area contributed by atoms with Gasteiger partial charge < -0.3 is 15.6 Å². The van der Waals surface area contributed by atoms with E-state index in [2.05, 4.69) is 25.4 Å². The molecule has 5 rings (SSSR count). The fourth-order valence-corrected chi connectivity index (χ4v) is 4.09. The summed E-state index contributed by atoms with van der Waals surface area (Å²) >= 11 is 0. The highest BCUT2D eigenvalue weighted by Gasteiger charge is 2.36. The van der Waals surface area contributed by atoms with Crippen molar-refractivity contribution < 1.29 is 18.0 Å². The number of aromatic nitrogens is 6. The van der Waals surface area contributed by atoms with Crippen LogP contribution in [0.3, 0.4) is 0 Å². The van der Waals surface area contributed by atoms with Gasteiger partial charge in [-0.05, 0) is 31.5 Å². The van der Waals surface area contributed by atoms with Crippen LogP contribution >= 0.6 is 0 Å². The summed E-state index contributed by atoms with van der Waals surface area (Å²) in [5, 5.41) is 6.68. The Morgan fingerprint density at radius 3 is 2.59 bits per heavy atom. The molecule has 1 amide bonds. The van der Waals surface area contributed by atoms with Gasteiger partial charge in [-0.1, -0.05) is 30.3 Å². The molecule has 1 aromatic carbocycles. The van der Waals surface area contributed by atoms with Crippen molar-refractivity contribution in [3.05, 3.63) is 89.9 Å². The molecular formula is C25H21F3N8O. The number of halogens is 3. The zero-order valence-electron chi connectivity index (χ0n) is 19.7. The number of imidazole rings is 1. The Kier molecular flexibility index (Phi) is 5.86. The van der Waals surface area contributed by atoms with E-state index < -0.39 is 17.6 Å². The first-order chi connectivity index (χ1) is 17.6. The van der Waals surface area contributed by atoms with E-state index >= 15 is 0 Å². The molecular weight excluding hydrogens is 485 g/mol. The average molecular weight is 506 g/mol. The number of pyridine rings is 1. The summed E-state index contributed by atoms with van der Waals surface area (Å²) in [4.78, 5) is 25.3. The predicted octanol–water partition coefficient (Wildman–Crippen LogP) is 4.76. The van der Waals surface area contributed by atoms with Gasteiger partial charge in [0.05, 0.1) is 34.9 Å². The van der Waals surface area contributed by atoms with Crippen LogP contribution in [0.4, 0.5) is 24.8 Å². The molecule has 4 aromatic heterocycles. The predicted molar refractivity (Wildman–Crippen MR) is 131 cm³/mol. The fraction of sp³-hybridized carbons (Fsp3) is 0.160. The summed E-state index contributed by atoms with van der Waals surface area (Å²) in [6, 6.07) is 12.2. The van der Waals surface area contributed by atoms with Gasteiger partial charge in [0.25, 0.3) is 5.91 Å². The highest BCUT2D eigenvalue weighted by Crippen LogP contribution is 2.38. The second kappa shape index (κ2) is 9.04. The van der Waals surface area contributed by atoms with Crippen molar-refractivity contribution >= 4 is 23.1 Å². The van der Waals surface area contributed by atoms with Gasteiger partial charge in [-0.2, -0.15) is 18.3 Å². The number of hydrogen-bond donors (Lipinski definition) is 2. The molecule has 0 saturated heterocycles. The van der Waals surface area contributed by atoms with Crippen LogP contribution < -0.4 is 11.1 Å². The molecule has 3 N–H and O–H groups in total. The van der Waals surface area contributed by atoms with E-state index in [1.807, 2.05) is 41.8 Å². The normalized spacial score (nSPS) is 12.6. The lowest BCUT2D eigenvalue weighted by atomic mass is 10.1. The third-order valence-corrected chi connectivity index (χ3v) is 6.09. The van der Waals surface area contributed by atoms with E-state index in [-0.39, 0.29) is 34.2 Å². The Morgan fingerprint density at radius 1 is 1.11 bits per heavy atom. The molecule has 0 aliphatic rings. The van der Waals surface area contributed by atoms with Crippen LogP contribution in [0, 0.1) is 6.92 Å². The van der Waals surface area contributed by atoms with E-state index in [1.54, 1.807) is 19.4 Å². The molecule has 188 valence electrons. The standard InChI is InChI=1S/C25H21F3N8O/c1-14-18(24(37)34-21-11-35(13-32-21)15(2)16-6-4-3-5-7-16)8-17(10-30-14)20-9-19(25(26,27)28)22-23(29)31-12-33-36(20)22/h3-13,15H,1-2H3,(H,34,37)(H2,29,31,33). The van der Waals surface area contributed by atoms with E-state index in [0.717, 1.165) is 22.5 Å². The van der Waals surface area contributed by atoms with Gasteiger partial charge in [-0.25, -0.2) is 14.5 Å².